The summed E-state index contributed by atoms with van der Waals surface area (Å²) in [5.74, 6) is -0.0135. The molecule has 2 aromatic rings. The van der Waals surface area contributed by atoms with Crippen LogP contribution in [0.15, 0.2) is 48.5 Å². The number of para-hydroxylation sites is 1. The second-order valence-electron chi connectivity index (χ2n) is 8.53. The van der Waals surface area contributed by atoms with Gasteiger partial charge in [0.2, 0.25) is 5.91 Å². The van der Waals surface area contributed by atoms with E-state index in [0.29, 0.717) is 6.54 Å². The second kappa shape index (κ2) is 7.64. The van der Waals surface area contributed by atoms with Crippen LogP contribution in [0.2, 0.25) is 0 Å². The molecule has 0 aliphatic carbocycles. The monoisotopic (exact) mass is 381 g/mol. The summed E-state index contributed by atoms with van der Waals surface area (Å²) >= 11 is 0. The van der Waals surface area contributed by atoms with Gasteiger partial charge in [-0.25, -0.2) is 4.39 Å². The third-order valence-corrected chi connectivity index (χ3v) is 5.85. The number of rotatable bonds is 4. The summed E-state index contributed by atoms with van der Waals surface area (Å²) in [6.45, 7) is 9.18. The van der Waals surface area contributed by atoms with Crippen LogP contribution in [-0.2, 0) is 17.8 Å². The van der Waals surface area contributed by atoms with Crippen LogP contribution in [0.5, 0.6) is 0 Å². The van der Waals surface area contributed by atoms with Gasteiger partial charge < -0.3 is 4.90 Å². The Morgan fingerprint density at radius 2 is 1.61 bits per heavy atom. The Labute approximate surface area is 166 Å². The summed E-state index contributed by atoms with van der Waals surface area (Å²) in [7, 11) is 0. The SMILES string of the molecule is CC1(C)Cc2ccccc2N1C(=O)CN1CCN(Cc2ccc(F)cc2)CC1. The summed E-state index contributed by atoms with van der Waals surface area (Å²) in [6, 6.07) is 15.0. The first-order valence-electron chi connectivity index (χ1n) is 10.0. The molecule has 0 spiro atoms. The van der Waals surface area contributed by atoms with E-state index in [1.165, 1.54) is 17.7 Å². The van der Waals surface area contributed by atoms with Crippen molar-refractivity contribution in [2.45, 2.75) is 32.4 Å². The molecule has 2 aliphatic heterocycles. The van der Waals surface area contributed by atoms with Gasteiger partial charge in [-0.05, 0) is 49.6 Å². The molecule has 148 valence electrons. The van der Waals surface area contributed by atoms with Crippen LogP contribution in [0.4, 0.5) is 10.1 Å². The molecule has 4 nitrogen and oxygen atoms in total. The lowest BCUT2D eigenvalue weighted by molar-refractivity contribution is -0.121. The lowest BCUT2D eigenvalue weighted by Crippen LogP contribution is -2.53. The second-order valence-corrected chi connectivity index (χ2v) is 8.53. The van der Waals surface area contributed by atoms with Crippen LogP contribution in [0, 0.1) is 5.82 Å². The average molecular weight is 381 g/mol. The van der Waals surface area contributed by atoms with Crippen molar-refractivity contribution in [3.63, 3.8) is 0 Å². The molecule has 2 aliphatic rings. The van der Waals surface area contributed by atoms with Crippen LogP contribution >= 0.6 is 0 Å². The Morgan fingerprint density at radius 3 is 2.32 bits per heavy atom. The molecule has 0 unspecified atom stereocenters. The number of hydrogen-bond acceptors (Lipinski definition) is 3. The minimum Gasteiger partial charge on any atom is -0.305 e. The van der Waals surface area contributed by atoms with E-state index in [0.717, 1.165) is 50.4 Å². The molecule has 4 rings (SSSR count). The number of hydrogen-bond donors (Lipinski definition) is 0. The largest absolute Gasteiger partial charge is 0.305 e. The highest BCUT2D eigenvalue weighted by Crippen LogP contribution is 2.38. The van der Waals surface area contributed by atoms with E-state index in [1.54, 1.807) is 0 Å². The topological polar surface area (TPSA) is 26.8 Å². The van der Waals surface area contributed by atoms with Crippen molar-refractivity contribution >= 4 is 11.6 Å². The molecule has 5 heteroatoms. The quantitative estimate of drug-likeness (QED) is 0.813. The maximum absolute atomic E-state index is 13.1. The van der Waals surface area contributed by atoms with Crippen molar-refractivity contribution in [3.8, 4) is 0 Å². The lowest BCUT2D eigenvalue weighted by Gasteiger charge is -2.37. The lowest BCUT2D eigenvalue weighted by atomic mass is 9.99. The van der Waals surface area contributed by atoms with Crippen molar-refractivity contribution < 1.29 is 9.18 Å². The van der Waals surface area contributed by atoms with Crippen LogP contribution < -0.4 is 4.90 Å². The van der Waals surface area contributed by atoms with Crippen LogP contribution in [0.25, 0.3) is 0 Å². The van der Waals surface area contributed by atoms with E-state index in [1.807, 2.05) is 29.2 Å². The molecule has 0 saturated carbocycles. The highest BCUT2D eigenvalue weighted by molar-refractivity contribution is 5.98. The number of halogens is 1. The number of carbonyl (C=O) groups is 1. The predicted octanol–water partition coefficient (Wildman–Crippen LogP) is 3.31. The molecule has 1 amide bonds. The number of anilines is 1. The van der Waals surface area contributed by atoms with Gasteiger partial charge in [0, 0.05) is 44.0 Å². The Morgan fingerprint density at radius 1 is 0.964 bits per heavy atom. The summed E-state index contributed by atoms with van der Waals surface area (Å²) < 4.78 is 13.1. The van der Waals surface area contributed by atoms with E-state index >= 15 is 0 Å². The van der Waals surface area contributed by atoms with E-state index < -0.39 is 0 Å². The Balaban J connectivity index is 1.33. The van der Waals surface area contributed by atoms with Crippen LogP contribution in [0.1, 0.15) is 25.0 Å². The van der Waals surface area contributed by atoms with Crippen molar-refractivity contribution in [1.82, 2.24) is 9.80 Å². The molecule has 0 N–H and O–H groups in total. The maximum Gasteiger partial charge on any atom is 0.241 e. The van der Waals surface area contributed by atoms with E-state index in [-0.39, 0.29) is 17.3 Å². The normalized spacial score (nSPS) is 19.6. The Bertz CT molecular complexity index is 841. The summed E-state index contributed by atoms with van der Waals surface area (Å²) in [6.07, 6.45) is 0.903. The van der Waals surface area contributed by atoms with E-state index in [9.17, 15) is 9.18 Å². The zero-order chi connectivity index (χ0) is 19.7. The maximum atomic E-state index is 13.1. The van der Waals surface area contributed by atoms with Gasteiger partial charge in [0.05, 0.1) is 6.54 Å². The fourth-order valence-corrected chi connectivity index (χ4v) is 4.44. The highest BCUT2D eigenvalue weighted by Gasteiger charge is 2.40. The number of nitrogens with zero attached hydrogens (tertiary/aromatic N) is 3. The third-order valence-electron chi connectivity index (χ3n) is 5.85. The van der Waals surface area contributed by atoms with Crippen molar-refractivity contribution in [2.24, 2.45) is 0 Å². The van der Waals surface area contributed by atoms with Gasteiger partial charge in [-0.15, -0.1) is 0 Å². The van der Waals surface area contributed by atoms with Gasteiger partial charge in [0.15, 0.2) is 0 Å². The average Bonchev–Trinajstić information content (AvgIpc) is 2.95. The summed E-state index contributed by atoms with van der Waals surface area (Å²) in [5.41, 5.74) is 3.27. The number of carbonyl (C=O) groups excluding carboxylic acids is 1. The molecule has 1 saturated heterocycles. The summed E-state index contributed by atoms with van der Waals surface area (Å²) in [4.78, 5) is 19.7. The smallest absolute Gasteiger partial charge is 0.241 e. The molecular formula is C23H28FN3O. The van der Waals surface area contributed by atoms with E-state index in [4.69, 9.17) is 0 Å². The van der Waals surface area contributed by atoms with Crippen LogP contribution in [-0.4, -0.2) is 54.0 Å². The predicted molar refractivity (Wildman–Crippen MR) is 110 cm³/mol. The number of benzene rings is 2. The Hall–Kier alpha value is -2.24. The fourth-order valence-electron chi connectivity index (χ4n) is 4.44. The first kappa shape index (κ1) is 19.1. The first-order chi connectivity index (χ1) is 13.4. The van der Waals surface area contributed by atoms with Crippen molar-refractivity contribution in [3.05, 3.63) is 65.5 Å². The minimum atomic E-state index is -0.196. The zero-order valence-corrected chi connectivity index (χ0v) is 16.7. The minimum absolute atomic E-state index is 0.175. The van der Waals surface area contributed by atoms with E-state index in [2.05, 4.69) is 35.8 Å². The fraction of sp³-hybridized carbons (Fsp3) is 0.435. The van der Waals surface area contributed by atoms with Crippen LogP contribution in [0.3, 0.4) is 0 Å². The molecule has 0 bridgehead atoms. The standard InChI is InChI=1S/C23H28FN3O/c1-23(2)15-19-5-3-4-6-21(19)27(23)22(28)17-26-13-11-25(12-14-26)16-18-7-9-20(24)10-8-18/h3-10H,11-17H2,1-2H3. The van der Waals surface area contributed by atoms with Crippen molar-refractivity contribution in [2.75, 3.05) is 37.6 Å². The van der Waals surface area contributed by atoms with Crippen molar-refractivity contribution in [1.29, 1.82) is 0 Å². The zero-order valence-electron chi connectivity index (χ0n) is 16.7. The molecule has 28 heavy (non-hydrogen) atoms. The van der Waals surface area contributed by atoms with Gasteiger partial charge in [-0.2, -0.15) is 0 Å². The highest BCUT2D eigenvalue weighted by atomic mass is 19.1. The summed E-state index contributed by atoms with van der Waals surface area (Å²) in [5, 5.41) is 0. The molecule has 0 radical (unpaired) electrons. The molecular weight excluding hydrogens is 353 g/mol. The number of amides is 1. The number of piperazine rings is 1. The Kier molecular flexibility index (Phi) is 5.21. The third kappa shape index (κ3) is 3.96. The molecule has 2 heterocycles. The van der Waals surface area contributed by atoms with Gasteiger partial charge in [0.25, 0.3) is 0 Å². The molecule has 1 fully saturated rings. The van der Waals surface area contributed by atoms with Gasteiger partial charge in [-0.1, -0.05) is 30.3 Å². The van der Waals surface area contributed by atoms with Gasteiger partial charge in [-0.3, -0.25) is 14.6 Å². The first-order valence-corrected chi connectivity index (χ1v) is 10.0. The molecule has 2 aromatic carbocycles. The van der Waals surface area contributed by atoms with Gasteiger partial charge >= 0.3 is 0 Å². The molecule has 0 aromatic heterocycles. The number of fused-ring (bicyclic) bond motifs is 1. The van der Waals surface area contributed by atoms with Gasteiger partial charge in [0.1, 0.15) is 5.82 Å². The molecule has 0 atom stereocenters.